The van der Waals surface area contributed by atoms with Gasteiger partial charge in [-0.05, 0) is 89.8 Å². The molecule has 15 heteroatoms. The number of hydrogen-bond donors (Lipinski definition) is 4. The molecule has 0 radical (unpaired) electrons. The van der Waals surface area contributed by atoms with E-state index in [-0.39, 0.29) is 44.6 Å². The van der Waals surface area contributed by atoms with Crippen LogP contribution in [0.25, 0.3) is 0 Å². The van der Waals surface area contributed by atoms with Gasteiger partial charge < -0.3 is 39.8 Å². The molecule has 14 nitrogen and oxygen atoms in total. The summed E-state index contributed by atoms with van der Waals surface area (Å²) >= 11 is 2.07. The maximum absolute atomic E-state index is 11.8. The Labute approximate surface area is 292 Å². The van der Waals surface area contributed by atoms with Gasteiger partial charge in [0.1, 0.15) is 37.1 Å². The molecule has 2 aromatic heterocycles. The second-order valence-electron chi connectivity index (χ2n) is 11.9. The number of amides is 2. The van der Waals surface area contributed by atoms with Crippen molar-refractivity contribution >= 4 is 34.8 Å². The predicted octanol–water partition coefficient (Wildman–Crippen LogP) is 5.01. The molecular formula is C32H53IN6O8. The first-order valence-corrected chi connectivity index (χ1v) is 16.5. The topological polar surface area (TPSA) is 187 Å². The molecule has 0 saturated carbocycles. The Morgan fingerprint density at radius 3 is 1.85 bits per heavy atom. The summed E-state index contributed by atoms with van der Waals surface area (Å²) < 4.78 is 21.7. The van der Waals surface area contributed by atoms with Crippen LogP contribution in [-0.2, 0) is 15.9 Å². The van der Waals surface area contributed by atoms with Crippen molar-refractivity contribution in [3.63, 3.8) is 0 Å². The molecular weight excluding hydrogens is 723 g/mol. The quantitative estimate of drug-likeness (QED) is 0.149. The number of carbonyl (C=O) groups is 2. The zero-order valence-corrected chi connectivity index (χ0v) is 31.1. The molecule has 2 aromatic rings. The van der Waals surface area contributed by atoms with Crippen LogP contribution in [0.3, 0.4) is 0 Å². The summed E-state index contributed by atoms with van der Waals surface area (Å²) in [6.07, 6.45) is 10.1. The van der Waals surface area contributed by atoms with Gasteiger partial charge in [0.05, 0.1) is 16.8 Å². The van der Waals surface area contributed by atoms with Gasteiger partial charge >= 0.3 is 12.2 Å². The zero-order chi connectivity index (χ0) is 35.9. The standard InChI is InChI=1S/C16H27N3O4.C10H19NO2.C6H7IN2O2/c1-5-13(19-15(21)23-16(2,3)4)7-6-12-10-17-11-18-14(12)22-9-8-20;1-6-8(7-2)11-9(12)13-10(3,4)5;7-5-3-8-4-9-6(5)11-2-1-10/h10-11,13,20H,5-9H2,1-4H3,(H,19,21);6,8H,1,7H2,2-5H3,(H,11,12);3-4,10H,1-2H2/t13-;8-;/m10./s1. The molecule has 0 aliphatic heterocycles. The number of alkyl carbamates (subject to hydrolysis) is 2. The average molecular weight is 777 g/mol. The lowest BCUT2D eigenvalue weighted by Crippen LogP contribution is -2.39. The lowest BCUT2D eigenvalue weighted by Gasteiger charge is -2.23. The van der Waals surface area contributed by atoms with Crippen LogP contribution < -0.4 is 20.1 Å². The van der Waals surface area contributed by atoms with E-state index >= 15 is 0 Å². The summed E-state index contributed by atoms with van der Waals surface area (Å²) in [5, 5.41) is 22.9. The third-order valence-corrected chi connectivity index (χ3v) is 6.18. The first kappa shape index (κ1) is 43.7. The van der Waals surface area contributed by atoms with Crippen molar-refractivity contribution in [3.8, 4) is 11.8 Å². The van der Waals surface area contributed by atoms with E-state index in [0.29, 0.717) is 18.2 Å². The Balaban J connectivity index is 0.000000744. The van der Waals surface area contributed by atoms with Crippen LogP contribution in [0.1, 0.15) is 80.2 Å². The zero-order valence-electron chi connectivity index (χ0n) is 28.9. The van der Waals surface area contributed by atoms with Crippen LogP contribution in [0.4, 0.5) is 9.59 Å². The van der Waals surface area contributed by atoms with Gasteiger partial charge in [0.2, 0.25) is 11.8 Å². The molecule has 0 aliphatic rings. The largest absolute Gasteiger partial charge is 0.475 e. The van der Waals surface area contributed by atoms with Gasteiger partial charge in [-0.1, -0.05) is 19.9 Å². The van der Waals surface area contributed by atoms with E-state index in [1.807, 2.05) is 55.4 Å². The number of rotatable bonds is 14. The van der Waals surface area contributed by atoms with Gasteiger partial charge in [-0.3, -0.25) is 0 Å². The first-order chi connectivity index (χ1) is 22.1. The Bertz CT molecular complexity index is 1180. The molecule has 0 spiro atoms. The maximum Gasteiger partial charge on any atom is 0.408 e. The number of hydrogen-bond acceptors (Lipinski definition) is 12. The molecule has 0 aliphatic carbocycles. The highest BCUT2D eigenvalue weighted by Gasteiger charge is 2.19. The molecule has 2 atom stereocenters. The monoisotopic (exact) mass is 776 g/mol. The van der Waals surface area contributed by atoms with Crippen molar-refractivity contribution in [1.82, 2.24) is 30.6 Å². The van der Waals surface area contributed by atoms with Gasteiger partial charge in [-0.25, -0.2) is 29.5 Å². The van der Waals surface area contributed by atoms with Crippen LogP contribution in [0.5, 0.6) is 11.8 Å². The van der Waals surface area contributed by atoms with Crippen molar-refractivity contribution in [2.45, 2.75) is 104 Å². The molecule has 266 valence electrons. The van der Waals surface area contributed by atoms with Crippen LogP contribution in [0.2, 0.25) is 0 Å². The van der Waals surface area contributed by atoms with Gasteiger partial charge in [-0.15, -0.1) is 6.58 Å². The number of nitrogens with one attached hydrogen (secondary N) is 2. The van der Waals surface area contributed by atoms with E-state index in [4.69, 9.17) is 29.2 Å². The van der Waals surface area contributed by atoms with Crippen LogP contribution in [0, 0.1) is 3.57 Å². The summed E-state index contributed by atoms with van der Waals surface area (Å²) in [6, 6.07) is -0.00871. The molecule has 0 unspecified atom stereocenters. The molecule has 2 rings (SSSR count). The maximum atomic E-state index is 11.8. The van der Waals surface area contributed by atoms with Gasteiger partial charge in [0.25, 0.3) is 0 Å². The normalized spacial score (nSPS) is 12.1. The van der Waals surface area contributed by atoms with Crippen molar-refractivity contribution in [2.24, 2.45) is 0 Å². The highest BCUT2D eigenvalue weighted by atomic mass is 127. The van der Waals surface area contributed by atoms with E-state index in [1.165, 1.54) is 12.7 Å². The fourth-order valence-corrected chi connectivity index (χ4v) is 3.77. The lowest BCUT2D eigenvalue weighted by molar-refractivity contribution is 0.0493. The van der Waals surface area contributed by atoms with E-state index in [1.54, 1.807) is 18.5 Å². The van der Waals surface area contributed by atoms with E-state index in [0.717, 1.165) is 28.4 Å². The minimum absolute atomic E-state index is 0.0000822. The second-order valence-corrected chi connectivity index (χ2v) is 13.0. The molecule has 0 saturated heterocycles. The Morgan fingerprint density at radius 2 is 1.38 bits per heavy atom. The number of aryl methyl sites for hydroxylation is 1. The third kappa shape index (κ3) is 22.8. The van der Waals surface area contributed by atoms with Gasteiger partial charge in [0.15, 0.2) is 0 Å². The fourth-order valence-electron chi connectivity index (χ4n) is 3.31. The van der Waals surface area contributed by atoms with Crippen LogP contribution in [-0.4, -0.2) is 92.0 Å². The van der Waals surface area contributed by atoms with Crippen molar-refractivity contribution in [1.29, 1.82) is 0 Å². The lowest BCUT2D eigenvalue weighted by atomic mass is 10.1. The number of ether oxygens (including phenoxy) is 4. The van der Waals surface area contributed by atoms with E-state index < -0.39 is 17.3 Å². The highest BCUT2D eigenvalue weighted by Crippen LogP contribution is 2.17. The molecule has 2 amide bonds. The molecule has 0 fully saturated rings. The summed E-state index contributed by atoms with van der Waals surface area (Å²) in [5.74, 6) is 0.996. The number of halogens is 1. The molecule has 0 bridgehead atoms. The van der Waals surface area contributed by atoms with Crippen molar-refractivity contribution < 1.29 is 38.7 Å². The van der Waals surface area contributed by atoms with Gasteiger partial charge in [-0.2, -0.15) is 0 Å². The predicted molar refractivity (Wildman–Crippen MR) is 187 cm³/mol. The molecule has 4 N–H and O–H groups in total. The van der Waals surface area contributed by atoms with Crippen molar-refractivity contribution in [2.75, 3.05) is 26.4 Å². The summed E-state index contributed by atoms with van der Waals surface area (Å²) in [6.45, 7) is 19.0. The first-order valence-electron chi connectivity index (χ1n) is 15.4. The van der Waals surface area contributed by atoms with Gasteiger partial charge in [0, 0.05) is 30.0 Å². The Kier molecular flexibility index (Phi) is 22.2. The second kappa shape index (κ2) is 23.9. The number of aromatic nitrogens is 4. The van der Waals surface area contributed by atoms with Crippen molar-refractivity contribution in [3.05, 3.63) is 46.8 Å². The number of nitrogens with zero attached hydrogens (tertiary/aromatic N) is 4. The Hall–Kier alpha value is -3.31. The SMILES string of the molecule is C=C[C@@H](CC)NC(=O)OC(C)(C)C.CC[C@H](CCc1cncnc1OCCO)NC(=O)OC(C)(C)C.OCCOc1ncncc1I. The van der Waals surface area contributed by atoms with Crippen LogP contribution >= 0.6 is 22.6 Å². The summed E-state index contributed by atoms with van der Waals surface area (Å²) in [7, 11) is 0. The third-order valence-electron chi connectivity index (χ3n) is 5.44. The van der Waals surface area contributed by atoms with Crippen LogP contribution in [0.15, 0.2) is 37.7 Å². The minimum Gasteiger partial charge on any atom is -0.475 e. The molecule has 47 heavy (non-hydrogen) atoms. The Morgan fingerprint density at radius 1 is 0.872 bits per heavy atom. The smallest absolute Gasteiger partial charge is 0.408 e. The highest BCUT2D eigenvalue weighted by molar-refractivity contribution is 14.1. The number of carbonyl (C=O) groups excluding carboxylic acids is 2. The summed E-state index contributed by atoms with van der Waals surface area (Å²) in [4.78, 5) is 38.8. The number of aliphatic hydroxyl groups excluding tert-OH is 2. The average Bonchev–Trinajstić information content (AvgIpc) is 2.99. The number of aliphatic hydroxyl groups is 2. The molecule has 0 aromatic carbocycles. The minimum atomic E-state index is -0.513. The summed E-state index contributed by atoms with van der Waals surface area (Å²) in [5.41, 5.74) is -0.102. The van der Waals surface area contributed by atoms with E-state index in [2.05, 4.69) is 59.7 Å². The fraction of sp³-hybridized carbons (Fsp3) is 0.625. The van der Waals surface area contributed by atoms with E-state index in [9.17, 15) is 9.59 Å². The molecule has 2 heterocycles.